The number of primary sulfonamides is 1. The molecule has 15 heavy (non-hydrogen) atoms. The zero-order valence-corrected chi connectivity index (χ0v) is 9.29. The number of thiophene rings is 1. The monoisotopic (exact) mass is 245 g/mol. The molecule has 0 spiro atoms. The highest BCUT2D eigenvalue weighted by atomic mass is 32.2. The highest BCUT2D eigenvalue weighted by molar-refractivity contribution is 7.91. The van der Waals surface area contributed by atoms with Crippen LogP contribution in [-0.4, -0.2) is 28.6 Å². The van der Waals surface area contributed by atoms with Gasteiger partial charge in [-0.2, -0.15) is 4.80 Å². The second-order valence-electron chi connectivity index (χ2n) is 2.77. The van der Waals surface area contributed by atoms with Crippen LogP contribution in [-0.2, 0) is 17.1 Å². The summed E-state index contributed by atoms with van der Waals surface area (Å²) in [6.45, 7) is 0. The van der Waals surface area contributed by atoms with E-state index in [2.05, 4.69) is 15.4 Å². The summed E-state index contributed by atoms with van der Waals surface area (Å²) in [5.74, 6) is 0.253. The molecule has 2 heterocycles. The van der Waals surface area contributed by atoms with Gasteiger partial charge in [0.25, 0.3) is 0 Å². The zero-order chi connectivity index (χ0) is 11.1. The molecule has 0 aliphatic carbocycles. The molecular weight excluding hydrogens is 238 g/mol. The Labute approximate surface area is 89.6 Å². The van der Waals surface area contributed by atoms with Crippen LogP contribution < -0.4 is 5.14 Å². The Bertz CT molecular complexity index is 584. The molecule has 2 aromatic heterocycles. The molecule has 0 atom stereocenters. The van der Waals surface area contributed by atoms with Crippen LogP contribution in [0.25, 0.3) is 11.4 Å². The number of aryl methyl sites for hydroxylation is 1. The Morgan fingerprint density at radius 2 is 2.27 bits per heavy atom. The van der Waals surface area contributed by atoms with E-state index in [0.29, 0.717) is 5.56 Å². The first-order chi connectivity index (χ1) is 6.98. The van der Waals surface area contributed by atoms with Gasteiger partial charge >= 0.3 is 0 Å². The molecule has 7 nitrogen and oxygen atoms in total. The normalized spacial score (nSPS) is 11.9. The summed E-state index contributed by atoms with van der Waals surface area (Å²) < 4.78 is 22.5. The molecule has 0 aliphatic rings. The van der Waals surface area contributed by atoms with Gasteiger partial charge in [-0.15, -0.1) is 21.5 Å². The summed E-state index contributed by atoms with van der Waals surface area (Å²) in [5, 5.41) is 17.9. The maximum Gasteiger partial charge on any atom is 0.248 e. The van der Waals surface area contributed by atoms with Gasteiger partial charge in [0.05, 0.1) is 12.6 Å². The molecule has 0 aliphatic heterocycles. The summed E-state index contributed by atoms with van der Waals surface area (Å²) >= 11 is 1.03. The third kappa shape index (κ3) is 1.89. The van der Waals surface area contributed by atoms with E-state index < -0.39 is 10.0 Å². The van der Waals surface area contributed by atoms with Gasteiger partial charge in [0.2, 0.25) is 15.8 Å². The summed E-state index contributed by atoms with van der Waals surface area (Å²) in [6.07, 6.45) is 0. The van der Waals surface area contributed by atoms with E-state index in [1.807, 2.05) is 0 Å². The van der Waals surface area contributed by atoms with Crippen molar-refractivity contribution in [3.8, 4) is 11.4 Å². The Morgan fingerprint density at radius 1 is 1.53 bits per heavy atom. The summed E-state index contributed by atoms with van der Waals surface area (Å²) in [4.78, 5) is 1.25. The first kappa shape index (κ1) is 10.2. The lowest BCUT2D eigenvalue weighted by Crippen LogP contribution is -2.11. The molecule has 2 aromatic rings. The second-order valence-corrected chi connectivity index (χ2v) is 5.44. The largest absolute Gasteiger partial charge is 0.248 e. The summed E-state index contributed by atoms with van der Waals surface area (Å²) in [6, 6.07) is 1.60. The summed E-state index contributed by atoms with van der Waals surface area (Å²) in [7, 11) is -2.13. The molecule has 2 rings (SSSR count). The van der Waals surface area contributed by atoms with E-state index >= 15 is 0 Å². The van der Waals surface area contributed by atoms with Crippen LogP contribution in [0.2, 0.25) is 0 Å². The molecule has 9 heteroatoms. The predicted molar refractivity (Wildman–Crippen MR) is 53.5 cm³/mol. The third-order valence-electron chi connectivity index (χ3n) is 1.64. The van der Waals surface area contributed by atoms with Gasteiger partial charge in [0.1, 0.15) is 4.21 Å². The van der Waals surface area contributed by atoms with E-state index in [1.165, 1.54) is 4.80 Å². The molecule has 0 bridgehead atoms. The lowest BCUT2D eigenvalue weighted by atomic mass is 10.3. The van der Waals surface area contributed by atoms with Gasteiger partial charge in [-0.25, -0.2) is 13.6 Å². The quantitative estimate of drug-likeness (QED) is 0.774. The van der Waals surface area contributed by atoms with Crippen molar-refractivity contribution < 1.29 is 8.42 Å². The van der Waals surface area contributed by atoms with E-state index in [9.17, 15) is 8.42 Å². The number of aromatic nitrogens is 4. The Balaban J connectivity index is 2.60. The fraction of sp³-hybridized carbons (Fsp3) is 0.167. The van der Waals surface area contributed by atoms with Gasteiger partial charge in [0, 0.05) is 0 Å². The van der Waals surface area contributed by atoms with Crippen LogP contribution in [0.5, 0.6) is 0 Å². The molecule has 0 saturated carbocycles. The fourth-order valence-corrected chi connectivity index (χ4v) is 2.86. The molecule has 0 amide bonds. The highest BCUT2D eigenvalue weighted by Crippen LogP contribution is 2.28. The minimum absolute atomic E-state index is 0.0514. The van der Waals surface area contributed by atoms with Crippen LogP contribution in [0.15, 0.2) is 15.7 Å². The molecule has 2 N–H and O–H groups in total. The Hall–Kier alpha value is -1.32. The van der Waals surface area contributed by atoms with Crippen molar-refractivity contribution in [2.24, 2.45) is 12.2 Å². The van der Waals surface area contributed by atoms with Crippen molar-refractivity contribution in [1.82, 2.24) is 20.2 Å². The molecule has 0 aromatic carbocycles. The number of nitrogens with two attached hydrogens (primary N) is 1. The number of nitrogens with zero attached hydrogens (tertiary/aromatic N) is 4. The molecule has 80 valence electrons. The standard InChI is InChI=1S/C6H7N5O2S2/c1-11-9-5(8-10-11)4-2-3-14-6(4)15(7,12)13/h2-3H,1H3,(H2,7,12,13). The minimum Gasteiger partial charge on any atom is -0.224 e. The molecule has 0 fully saturated rings. The highest BCUT2D eigenvalue weighted by Gasteiger charge is 2.19. The second kappa shape index (κ2) is 3.36. The van der Waals surface area contributed by atoms with E-state index in [4.69, 9.17) is 5.14 Å². The topological polar surface area (TPSA) is 104 Å². The number of hydrogen-bond acceptors (Lipinski definition) is 6. The number of rotatable bonds is 2. The van der Waals surface area contributed by atoms with Crippen molar-refractivity contribution in [1.29, 1.82) is 0 Å². The predicted octanol–water partition coefficient (Wildman–Crippen LogP) is -0.414. The summed E-state index contributed by atoms with van der Waals surface area (Å²) in [5.41, 5.74) is 0.385. The Kier molecular flexibility index (Phi) is 2.29. The molecule has 0 radical (unpaired) electrons. The Morgan fingerprint density at radius 3 is 2.80 bits per heavy atom. The van der Waals surface area contributed by atoms with Crippen LogP contribution in [0.1, 0.15) is 0 Å². The van der Waals surface area contributed by atoms with Crippen molar-refractivity contribution in [2.75, 3.05) is 0 Å². The van der Waals surface area contributed by atoms with Gasteiger partial charge in [-0.3, -0.25) is 0 Å². The number of tetrazole rings is 1. The zero-order valence-electron chi connectivity index (χ0n) is 7.65. The lowest BCUT2D eigenvalue weighted by Gasteiger charge is -1.95. The number of hydrogen-bond donors (Lipinski definition) is 1. The average Bonchev–Trinajstić information content (AvgIpc) is 2.68. The maximum atomic E-state index is 11.2. The molecule has 0 saturated heterocycles. The van der Waals surface area contributed by atoms with Gasteiger partial charge < -0.3 is 0 Å². The van der Waals surface area contributed by atoms with E-state index in [0.717, 1.165) is 11.3 Å². The lowest BCUT2D eigenvalue weighted by molar-refractivity contribution is 0.600. The average molecular weight is 245 g/mol. The van der Waals surface area contributed by atoms with E-state index in [-0.39, 0.29) is 10.0 Å². The van der Waals surface area contributed by atoms with Crippen molar-refractivity contribution in [3.63, 3.8) is 0 Å². The maximum absolute atomic E-state index is 11.2. The smallest absolute Gasteiger partial charge is 0.224 e. The third-order valence-corrected chi connectivity index (χ3v) is 4.07. The first-order valence-electron chi connectivity index (χ1n) is 3.83. The molecule has 0 unspecified atom stereocenters. The van der Waals surface area contributed by atoms with Crippen LogP contribution in [0.4, 0.5) is 0 Å². The first-order valence-corrected chi connectivity index (χ1v) is 6.26. The van der Waals surface area contributed by atoms with Gasteiger partial charge in [0.15, 0.2) is 0 Å². The minimum atomic E-state index is -3.73. The van der Waals surface area contributed by atoms with Gasteiger partial charge in [-0.1, -0.05) is 0 Å². The van der Waals surface area contributed by atoms with E-state index in [1.54, 1.807) is 18.5 Å². The number of sulfonamides is 1. The molecular formula is C6H7N5O2S2. The van der Waals surface area contributed by atoms with Crippen LogP contribution in [0, 0.1) is 0 Å². The van der Waals surface area contributed by atoms with Crippen LogP contribution in [0.3, 0.4) is 0 Å². The fourth-order valence-electron chi connectivity index (χ4n) is 1.07. The van der Waals surface area contributed by atoms with Gasteiger partial charge in [-0.05, 0) is 16.7 Å². The van der Waals surface area contributed by atoms with Crippen molar-refractivity contribution >= 4 is 21.4 Å². The SMILES string of the molecule is Cn1nnc(-c2ccsc2S(N)(=O)=O)n1. The van der Waals surface area contributed by atoms with Crippen molar-refractivity contribution in [2.45, 2.75) is 4.21 Å². The van der Waals surface area contributed by atoms with Crippen LogP contribution >= 0.6 is 11.3 Å². The van der Waals surface area contributed by atoms with Crippen molar-refractivity contribution in [3.05, 3.63) is 11.4 Å².